The van der Waals surface area contributed by atoms with Gasteiger partial charge in [-0.05, 0) is 25.0 Å². The van der Waals surface area contributed by atoms with E-state index >= 15 is 0 Å². The zero-order valence-corrected chi connectivity index (χ0v) is 12.7. The number of piperidine rings is 1. The second-order valence-electron chi connectivity index (χ2n) is 5.27. The Kier molecular flexibility index (Phi) is 4.60. The molecule has 1 heterocycles. The number of amides is 2. The molecule has 0 bridgehead atoms. The molecule has 0 spiro atoms. The van der Waals surface area contributed by atoms with Crippen molar-refractivity contribution in [1.29, 1.82) is 0 Å². The quantitative estimate of drug-likeness (QED) is 0.900. The third-order valence-corrected chi connectivity index (χ3v) is 3.91. The van der Waals surface area contributed by atoms with Gasteiger partial charge in [-0.25, -0.2) is 4.79 Å². The second kappa shape index (κ2) is 6.22. The van der Waals surface area contributed by atoms with Crippen molar-refractivity contribution < 1.29 is 4.79 Å². The Hall–Kier alpha value is -1.62. The number of anilines is 2. The topological polar surface area (TPSA) is 61.6 Å². The lowest BCUT2D eigenvalue weighted by molar-refractivity contribution is 0.193. The molecule has 0 radical (unpaired) electrons. The molecule has 0 aromatic heterocycles. The minimum atomic E-state index is -0.333. The average molecular weight is 297 g/mol. The predicted octanol–water partition coefficient (Wildman–Crippen LogP) is 2.36. The van der Waals surface area contributed by atoms with Crippen LogP contribution in [0.3, 0.4) is 0 Å². The van der Waals surface area contributed by atoms with Crippen LogP contribution in [0.25, 0.3) is 0 Å². The number of carbonyl (C=O) groups is 1. The third kappa shape index (κ3) is 3.28. The Morgan fingerprint density at radius 1 is 1.40 bits per heavy atom. The van der Waals surface area contributed by atoms with E-state index in [1.54, 1.807) is 4.90 Å². The minimum absolute atomic E-state index is 0.333. The molecule has 1 aromatic rings. The van der Waals surface area contributed by atoms with Gasteiger partial charge in [0.2, 0.25) is 0 Å². The fourth-order valence-corrected chi connectivity index (χ4v) is 2.89. The molecule has 110 valence electrons. The molecule has 5 nitrogen and oxygen atoms in total. The van der Waals surface area contributed by atoms with Crippen LogP contribution in [0.1, 0.15) is 12.8 Å². The number of benzene rings is 1. The molecule has 2 amide bonds. The number of nitrogens with two attached hydrogens (primary N) is 1. The van der Waals surface area contributed by atoms with Gasteiger partial charge in [0.15, 0.2) is 0 Å². The van der Waals surface area contributed by atoms with E-state index < -0.39 is 0 Å². The van der Waals surface area contributed by atoms with E-state index in [9.17, 15) is 4.79 Å². The molecule has 2 rings (SSSR count). The maximum atomic E-state index is 11.1. The Balaban J connectivity index is 2.05. The lowest BCUT2D eigenvalue weighted by Crippen LogP contribution is -2.44. The summed E-state index contributed by atoms with van der Waals surface area (Å²) < 4.78 is 0. The average Bonchev–Trinajstić information content (AvgIpc) is 2.39. The molecular formula is C14H21ClN4O. The van der Waals surface area contributed by atoms with Crippen molar-refractivity contribution in [1.82, 2.24) is 4.90 Å². The summed E-state index contributed by atoms with van der Waals surface area (Å²) in [5.41, 5.74) is 7.31. The number of nitrogens with zero attached hydrogens (tertiary/aromatic N) is 2. The van der Waals surface area contributed by atoms with Crippen molar-refractivity contribution in [3.8, 4) is 0 Å². The maximum Gasteiger partial charge on any atom is 0.314 e. The predicted molar refractivity (Wildman–Crippen MR) is 83.6 cm³/mol. The Labute approximate surface area is 124 Å². The summed E-state index contributed by atoms with van der Waals surface area (Å²) in [6.07, 6.45) is 1.78. The summed E-state index contributed by atoms with van der Waals surface area (Å²) in [7, 11) is 3.95. The van der Waals surface area contributed by atoms with Crippen LogP contribution >= 0.6 is 11.6 Å². The number of nitrogens with one attached hydrogen (secondary N) is 1. The Morgan fingerprint density at radius 2 is 2.05 bits per heavy atom. The number of carbonyl (C=O) groups excluding carboxylic acids is 1. The first-order chi connectivity index (χ1) is 9.49. The first-order valence-electron chi connectivity index (χ1n) is 6.76. The van der Waals surface area contributed by atoms with Gasteiger partial charge in [0.25, 0.3) is 0 Å². The molecule has 1 aliphatic heterocycles. The summed E-state index contributed by atoms with van der Waals surface area (Å²) in [5, 5.41) is 4.26. The van der Waals surface area contributed by atoms with Crippen LogP contribution in [0.4, 0.5) is 16.2 Å². The summed E-state index contributed by atoms with van der Waals surface area (Å²) in [6.45, 7) is 1.40. The lowest BCUT2D eigenvalue weighted by Gasteiger charge is -2.32. The lowest BCUT2D eigenvalue weighted by atomic mass is 10.0. The van der Waals surface area contributed by atoms with Gasteiger partial charge in [-0.1, -0.05) is 17.7 Å². The van der Waals surface area contributed by atoms with E-state index in [-0.39, 0.29) is 6.03 Å². The van der Waals surface area contributed by atoms with E-state index in [0.29, 0.717) is 19.1 Å². The Bertz CT molecular complexity index is 484. The molecule has 1 saturated heterocycles. The van der Waals surface area contributed by atoms with Crippen molar-refractivity contribution in [3.05, 3.63) is 23.2 Å². The summed E-state index contributed by atoms with van der Waals surface area (Å²) in [4.78, 5) is 14.8. The summed E-state index contributed by atoms with van der Waals surface area (Å²) >= 11 is 6.26. The summed E-state index contributed by atoms with van der Waals surface area (Å²) in [6, 6.07) is 5.86. The van der Waals surface area contributed by atoms with Crippen LogP contribution in [0.15, 0.2) is 18.2 Å². The third-order valence-electron chi connectivity index (χ3n) is 3.60. The number of urea groups is 1. The molecule has 0 saturated carbocycles. The maximum absolute atomic E-state index is 11.1. The number of halogens is 1. The fraction of sp³-hybridized carbons (Fsp3) is 0.500. The fourth-order valence-electron chi connectivity index (χ4n) is 2.55. The van der Waals surface area contributed by atoms with Gasteiger partial charge in [-0.3, -0.25) is 0 Å². The van der Waals surface area contributed by atoms with Gasteiger partial charge in [0.05, 0.1) is 16.4 Å². The van der Waals surface area contributed by atoms with Gasteiger partial charge >= 0.3 is 6.03 Å². The molecule has 1 aliphatic rings. The first kappa shape index (κ1) is 14.8. The van der Waals surface area contributed by atoms with Crippen LogP contribution in [0.5, 0.6) is 0 Å². The van der Waals surface area contributed by atoms with E-state index in [0.717, 1.165) is 29.2 Å². The highest BCUT2D eigenvalue weighted by molar-refractivity contribution is 6.34. The number of primary amides is 1. The van der Waals surface area contributed by atoms with Crippen molar-refractivity contribution in [2.24, 2.45) is 5.73 Å². The number of likely N-dealkylation sites (tertiary alicyclic amines) is 1. The highest BCUT2D eigenvalue weighted by atomic mass is 35.5. The van der Waals surface area contributed by atoms with Crippen molar-refractivity contribution in [2.45, 2.75) is 18.9 Å². The van der Waals surface area contributed by atoms with E-state index in [4.69, 9.17) is 17.3 Å². The molecule has 1 aromatic carbocycles. The standard InChI is InChI=1S/C14H21ClN4O/c1-18(2)13-11(15)4-3-5-12(13)17-10-6-8-19(9-7-10)14(16)20/h3-5,10,17H,6-9H2,1-2H3,(H2,16,20). The van der Waals surface area contributed by atoms with Crippen LogP contribution in [-0.4, -0.2) is 44.2 Å². The largest absolute Gasteiger partial charge is 0.380 e. The van der Waals surface area contributed by atoms with E-state index in [1.807, 2.05) is 37.2 Å². The summed E-state index contributed by atoms with van der Waals surface area (Å²) in [5.74, 6) is 0. The Morgan fingerprint density at radius 3 is 2.60 bits per heavy atom. The highest BCUT2D eigenvalue weighted by Gasteiger charge is 2.22. The SMILES string of the molecule is CN(C)c1c(Cl)cccc1NC1CCN(C(N)=O)CC1. The second-order valence-corrected chi connectivity index (χ2v) is 5.68. The molecule has 0 atom stereocenters. The van der Waals surface area contributed by atoms with Crippen LogP contribution in [0.2, 0.25) is 5.02 Å². The number of hydrogen-bond acceptors (Lipinski definition) is 3. The van der Waals surface area contributed by atoms with Gasteiger partial charge in [0.1, 0.15) is 0 Å². The van der Waals surface area contributed by atoms with Crippen molar-refractivity contribution in [2.75, 3.05) is 37.4 Å². The van der Waals surface area contributed by atoms with Crippen molar-refractivity contribution in [3.63, 3.8) is 0 Å². The van der Waals surface area contributed by atoms with Crippen LogP contribution < -0.4 is 16.0 Å². The van der Waals surface area contributed by atoms with E-state index in [1.165, 1.54) is 0 Å². The first-order valence-corrected chi connectivity index (χ1v) is 7.13. The molecule has 0 aliphatic carbocycles. The van der Waals surface area contributed by atoms with Gasteiger partial charge < -0.3 is 20.9 Å². The molecule has 0 unspecified atom stereocenters. The zero-order valence-electron chi connectivity index (χ0n) is 11.9. The number of hydrogen-bond donors (Lipinski definition) is 2. The van der Waals surface area contributed by atoms with E-state index in [2.05, 4.69) is 5.32 Å². The highest BCUT2D eigenvalue weighted by Crippen LogP contribution is 2.33. The smallest absolute Gasteiger partial charge is 0.314 e. The monoisotopic (exact) mass is 296 g/mol. The zero-order chi connectivity index (χ0) is 14.7. The van der Waals surface area contributed by atoms with Gasteiger partial charge in [0, 0.05) is 33.2 Å². The molecular weight excluding hydrogens is 276 g/mol. The van der Waals surface area contributed by atoms with Gasteiger partial charge in [-0.15, -0.1) is 0 Å². The van der Waals surface area contributed by atoms with Crippen molar-refractivity contribution >= 4 is 29.0 Å². The minimum Gasteiger partial charge on any atom is -0.380 e. The number of rotatable bonds is 3. The molecule has 1 fully saturated rings. The molecule has 6 heteroatoms. The number of para-hydroxylation sites is 1. The van der Waals surface area contributed by atoms with Gasteiger partial charge in [-0.2, -0.15) is 0 Å². The normalized spacial score (nSPS) is 16.1. The van der Waals surface area contributed by atoms with Crippen LogP contribution in [-0.2, 0) is 0 Å². The molecule has 3 N–H and O–H groups in total. The van der Waals surface area contributed by atoms with Crippen LogP contribution in [0, 0.1) is 0 Å². The molecule has 20 heavy (non-hydrogen) atoms.